The summed E-state index contributed by atoms with van der Waals surface area (Å²) in [7, 11) is 2.26. The molecule has 0 radical (unpaired) electrons. The van der Waals surface area contributed by atoms with E-state index in [1.807, 2.05) is 6.08 Å². The molecule has 0 atom stereocenters. The lowest BCUT2D eigenvalue weighted by Crippen LogP contribution is -2.35. The van der Waals surface area contributed by atoms with Gasteiger partial charge in [0.1, 0.15) is 0 Å². The van der Waals surface area contributed by atoms with Crippen LogP contribution in [0.25, 0.3) is 0 Å². The maximum Gasteiger partial charge on any atom is 0.0107 e. The molecule has 1 aliphatic rings. The average Bonchev–Trinajstić information content (AvgIpc) is 2.70. The Labute approximate surface area is 88.4 Å². The highest BCUT2D eigenvalue weighted by Gasteiger charge is 2.18. The molecule has 82 valence electrons. The average molecular weight is 196 g/mol. The number of likely N-dealkylation sites (N-methyl/N-ethyl adjacent to an activating group) is 1. The minimum atomic E-state index is 0.858. The Morgan fingerprint density at radius 1 is 1.36 bits per heavy atom. The first-order chi connectivity index (χ1) is 6.84. The van der Waals surface area contributed by atoms with Crippen molar-refractivity contribution >= 4 is 0 Å². The molecule has 0 unspecified atom stereocenters. The summed E-state index contributed by atoms with van der Waals surface area (Å²) in [6.45, 7) is 7.07. The predicted octanol–water partition coefficient (Wildman–Crippen LogP) is 2.03. The van der Waals surface area contributed by atoms with E-state index < -0.39 is 0 Å². The summed E-state index contributed by atoms with van der Waals surface area (Å²) in [5.41, 5.74) is 0. The fraction of sp³-hybridized carbons (Fsp3) is 0.833. The van der Waals surface area contributed by atoms with E-state index >= 15 is 0 Å². The molecule has 0 aromatic heterocycles. The largest absolute Gasteiger partial charge is 0.315 e. The molecule has 1 saturated carbocycles. The van der Waals surface area contributed by atoms with Gasteiger partial charge in [-0.05, 0) is 32.9 Å². The molecule has 0 aromatic rings. The van der Waals surface area contributed by atoms with Crippen LogP contribution in [0.3, 0.4) is 0 Å². The van der Waals surface area contributed by atoms with E-state index in [4.69, 9.17) is 0 Å². The van der Waals surface area contributed by atoms with Gasteiger partial charge in [0.2, 0.25) is 0 Å². The molecule has 1 rings (SSSR count). The van der Waals surface area contributed by atoms with Gasteiger partial charge >= 0.3 is 0 Å². The van der Waals surface area contributed by atoms with Gasteiger partial charge in [-0.1, -0.05) is 18.9 Å². The molecule has 0 aliphatic heterocycles. The lowest BCUT2D eigenvalue weighted by Gasteiger charge is -2.23. The second-order valence-electron chi connectivity index (χ2n) is 4.25. The van der Waals surface area contributed by atoms with Crippen LogP contribution in [0.5, 0.6) is 0 Å². The zero-order valence-electron chi connectivity index (χ0n) is 9.47. The van der Waals surface area contributed by atoms with Crippen molar-refractivity contribution < 1.29 is 0 Å². The van der Waals surface area contributed by atoms with E-state index in [1.165, 1.54) is 32.2 Å². The first-order valence-corrected chi connectivity index (χ1v) is 5.86. The Balaban J connectivity index is 1.96. The Bertz CT molecular complexity index is 150. The van der Waals surface area contributed by atoms with E-state index in [-0.39, 0.29) is 0 Å². The molecule has 2 nitrogen and oxygen atoms in total. The zero-order valence-corrected chi connectivity index (χ0v) is 9.47. The predicted molar refractivity (Wildman–Crippen MR) is 62.6 cm³/mol. The van der Waals surface area contributed by atoms with Gasteiger partial charge in [-0.15, -0.1) is 6.58 Å². The maximum absolute atomic E-state index is 3.71. The molecule has 0 heterocycles. The molecular formula is C12H24N2. The van der Waals surface area contributed by atoms with Crippen molar-refractivity contribution in [2.24, 2.45) is 0 Å². The molecular weight excluding hydrogens is 172 g/mol. The fourth-order valence-corrected chi connectivity index (χ4v) is 2.11. The standard InChI is InChI=1S/C12H24N2/c1-3-4-9-13-10-11-14(2)12-7-5-6-8-12/h3,12-13H,1,4-11H2,2H3. The van der Waals surface area contributed by atoms with Crippen LogP contribution in [0.2, 0.25) is 0 Å². The minimum absolute atomic E-state index is 0.858. The van der Waals surface area contributed by atoms with Crippen LogP contribution in [-0.4, -0.2) is 37.6 Å². The summed E-state index contributed by atoms with van der Waals surface area (Å²) in [6.07, 6.45) is 8.71. The van der Waals surface area contributed by atoms with Crippen LogP contribution < -0.4 is 5.32 Å². The number of rotatable bonds is 7. The summed E-state index contributed by atoms with van der Waals surface area (Å²) in [5.74, 6) is 0. The molecule has 1 fully saturated rings. The normalized spacial score (nSPS) is 17.9. The Hall–Kier alpha value is -0.340. The van der Waals surface area contributed by atoms with Crippen molar-refractivity contribution in [1.82, 2.24) is 10.2 Å². The molecule has 0 aromatic carbocycles. The molecule has 0 amide bonds. The molecule has 0 spiro atoms. The van der Waals surface area contributed by atoms with Gasteiger partial charge < -0.3 is 10.2 Å². The topological polar surface area (TPSA) is 15.3 Å². The van der Waals surface area contributed by atoms with Crippen LogP contribution in [-0.2, 0) is 0 Å². The van der Waals surface area contributed by atoms with Gasteiger partial charge in [-0.25, -0.2) is 0 Å². The van der Waals surface area contributed by atoms with E-state index in [1.54, 1.807) is 0 Å². The number of nitrogens with one attached hydrogen (secondary N) is 1. The van der Waals surface area contributed by atoms with Crippen molar-refractivity contribution in [3.05, 3.63) is 12.7 Å². The van der Waals surface area contributed by atoms with Crippen molar-refractivity contribution in [3.63, 3.8) is 0 Å². The van der Waals surface area contributed by atoms with Crippen molar-refractivity contribution in [2.75, 3.05) is 26.7 Å². The SMILES string of the molecule is C=CCCNCCN(C)C1CCCC1. The van der Waals surface area contributed by atoms with E-state index in [9.17, 15) is 0 Å². The zero-order chi connectivity index (χ0) is 10.2. The Kier molecular flexibility index (Phi) is 5.88. The van der Waals surface area contributed by atoms with Gasteiger partial charge in [0.25, 0.3) is 0 Å². The molecule has 1 aliphatic carbocycles. The van der Waals surface area contributed by atoms with E-state index in [2.05, 4.69) is 23.8 Å². The highest BCUT2D eigenvalue weighted by molar-refractivity contribution is 4.75. The molecule has 2 heteroatoms. The van der Waals surface area contributed by atoms with Gasteiger partial charge in [-0.2, -0.15) is 0 Å². The third-order valence-electron chi connectivity index (χ3n) is 3.11. The van der Waals surface area contributed by atoms with E-state index in [0.717, 1.165) is 25.6 Å². The monoisotopic (exact) mass is 196 g/mol. The minimum Gasteiger partial charge on any atom is -0.315 e. The molecule has 14 heavy (non-hydrogen) atoms. The quantitative estimate of drug-likeness (QED) is 0.495. The number of hydrogen-bond donors (Lipinski definition) is 1. The van der Waals surface area contributed by atoms with Gasteiger partial charge in [-0.3, -0.25) is 0 Å². The van der Waals surface area contributed by atoms with Gasteiger partial charge in [0.05, 0.1) is 0 Å². The number of hydrogen-bond acceptors (Lipinski definition) is 2. The Morgan fingerprint density at radius 2 is 2.07 bits per heavy atom. The summed E-state index contributed by atoms with van der Waals surface area (Å²) in [6, 6.07) is 0.858. The fourth-order valence-electron chi connectivity index (χ4n) is 2.11. The summed E-state index contributed by atoms with van der Waals surface area (Å²) in [4.78, 5) is 2.51. The summed E-state index contributed by atoms with van der Waals surface area (Å²) < 4.78 is 0. The lowest BCUT2D eigenvalue weighted by molar-refractivity contribution is 0.246. The lowest BCUT2D eigenvalue weighted by atomic mass is 10.2. The summed E-state index contributed by atoms with van der Waals surface area (Å²) >= 11 is 0. The first-order valence-electron chi connectivity index (χ1n) is 5.86. The van der Waals surface area contributed by atoms with Crippen LogP contribution in [0.4, 0.5) is 0 Å². The van der Waals surface area contributed by atoms with Gasteiger partial charge in [0.15, 0.2) is 0 Å². The first kappa shape index (κ1) is 11.7. The van der Waals surface area contributed by atoms with Crippen LogP contribution >= 0.6 is 0 Å². The van der Waals surface area contributed by atoms with Gasteiger partial charge in [0, 0.05) is 19.1 Å². The van der Waals surface area contributed by atoms with E-state index in [0.29, 0.717) is 0 Å². The third-order valence-corrected chi connectivity index (χ3v) is 3.11. The smallest absolute Gasteiger partial charge is 0.0107 e. The summed E-state index contributed by atoms with van der Waals surface area (Å²) in [5, 5.41) is 3.43. The highest BCUT2D eigenvalue weighted by atomic mass is 15.1. The highest BCUT2D eigenvalue weighted by Crippen LogP contribution is 2.21. The van der Waals surface area contributed by atoms with Crippen LogP contribution in [0, 0.1) is 0 Å². The number of nitrogens with zero attached hydrogens (tertiary/aromatic N) is 1. The van der Waals surface area contributed by atoms with Crippen molar-refractivity contribution in [3.8, 4) is 0 Å². The molecule has 0 saturated heterocycles. The molecule has 1 N–H and O–H groups in total. The molecule has 0 bridgehead atoms. The van der Waals surface area contributed by atoms with Crippen LogP contribution in [0.1, 0.15) is 32.1 Å². The Morgan fingerprint density at radius 3 is 2.71 bits per heavy atom. The van der Waals surface area contributed by atoms with Crippen molar-refractivity contribution in [2.45, 2.75) is 38.1 Å². The third kappa shape index (κ3) is 4.25. The van der Waals surface area contributed by atoms with Crippen molar-refractivity contribution in [1.29, 1.82) is 0 Å². The second kappa shape index (κ2) is 7.02. The second-order valence-corrected chi connectivity index (χ2v) is 4.25. The van der Waals surface area contributed by atoms with Crippen LogP contribution in [0.15, 0.2) is 12.7 Å². The maximum atomic E-state index is 3.71.